The highest BCUT2D eigenvalue weighted by Crippen LogP contribution is 2.34. The maximum atomic E-state index is 13.3. The molecule has 0 fully saturated rings. The van der Waals surface area contributed by atoms with E-state index in [1.54, 1.807) is 13.1 Å². The van der Waals surface area contributed by atoms with Gasteiger partial charge in [-0.05, 0) is 18.2 Å². The Bertz CT molecular complexity index is 1250. The van der Waals surface area contributed by atoms with E-state index in [9.17, 15) is 26.4 Å². The van der Waals surface area contributed by atoms with Crippen LogP contribution in [0.25, 0.3) is 10.9 Å². The van der Waals surface area contributed by atoms with Gasteiger partial charge in [0.25, 0.3) is 10.0 Å². The van der Waals surface area contributed by atoms with Crippen LogP contribution < -0.4 is 10.3 Å². The molecule has 7 nitrogen and oxygen atoms in total. The van der Waals surface area contributed by atoms with Crippen molar-refractivity contribution in [1.82, 2.24) is 14.8 Å². The van der Waals surface area contributed by atoms with Crippen LogP contribution in [0.3, 0.4) is 0 Å². The fraction of sp³-hybridized carbons (Fsp3) is 0.333. The van der Waals surface area contributed by atoms with Crippen LogP contribution in [-0.2, 0) is 28.7 Å². The molecule has 0 saturated carbocycles. The van der Waals surface area contributed by atoms with Gasteiger partial charge in [0, 0.05) is 35.5 Å². The first-order chi connectivity index (χ1) is 13.2. The van der Waals surface area contributed by atoms with Crippen LogP contribution in [-0.4, -0.2) is 23.2 Å². The quantitative estimate of drug-likeness (QED) is 0.668. The fourth-order valence-corrected chi connectivity index (χ4v) is 3.86. The van der Waals surface area contributed by atoms with E-state index in [1.807, 2.05) is 20.8 Å². The largest absolute Gasteiger partial charge is 0.417 e. The van der Waals surface area contributed by atoms with E-state index < -0.39 is 32.7 Å². The summed E-state index contributed by atoms with van der Waals surface area (Å²) in [7, 11) is -2.65. The topological polar surface area (TPSA) is 96.8 Å². The molecule has 0 aliphatic carbocycles. The zero-order chi connectivity index (χ0) is 21.8. The normalized spacial score (nSPS) is 13.1. The van der Waals surface area contributed by atoms with Crippen LogP contribution in [0.1, 0.15) is 32.0 Å². The van der Waals surface area contributed by atoms with Gasteiger partial charge in [0.1, 0.15) is 5.82 Å². The molecule has 0 aliphatic rings. The number of pyridine rings is 1. The number of fused-ring (bicyclic) bond motifs is 1. The van der Waals surface area contributed by atoms with E-state index in [0.29, 0.717) is 11.8 Å². The number of hydrogen-bond donors (Lipinski definition) is 2. The summed E-state index contributed by atoms with van der Waals surface area (Å²) in [6, 6.07) is 5.11. The second kappa shape index (κ2) is 6.61. The van der Waals surface area contributed by atoms with Crippen molar-refractivity contribution in [1.29, 1.82) is 0 Å². The lowest BCUT2D eigenvalue weighted by molar-refractivity contribution is -0.136. The summed E-state index contributed by atoms with van der Waals surface area (Å²) < 4.78 is 69.2. The Kier molecular flexibility index (Phi) is 4.77. The minimum atomic E-state index is -4.81. The fourth-order valence-electron chi connectivity index (χ4n) is 2.76. The first-order valence-corrected chi connectivity index (χ1v) is 9.98. The van der Waals surface area contributed by atoms with Crippen LogP contribution in [0.2, 0.25) is 0 Å². The number of anilines is 1. The number of nitrogens with zero attached hydrogens (tertiary/aromatic N) is 2. The molecule has 2 aromatic heterocycles. The summed E-state index contributed by atoms with van der Waals surface area (Å²) in [5.74, 6) is 0.174. The van der Waals surface area contributed by atoms with Crippen molar-refractivity contribution < 1.29 is 21.6 Å². The molecule has 0 unspecified atom stereocenters. The van der Waals surface area contributed by atoms with Crippen LogP contribution in [0.4, 0.5) is 19.0 Å². The smallest absolute Gasteiger partial charge is 0.322 e. The number of H-pyrrole nitrogens is 1. The standard InChI is InChI=1S/C18H19F3N4O3S/c1-17(2,3)14-9-15(25(4)23-14)24-29(27,28)10-5-6-13-11(7-10)12(18(19,20)21)8-16(26)22-13/h5-9,24H,1-4H3,(H,22,26). The van der Waals surface area contributed by atoms with Crippen LogP contribution in [0.5, 0.6) is 0 Å². The minimum Gasteiger partial charge on any atom is -0.322 e. The summed E-state index contributed by atoms with van der Waals surface area (Å²) in [5, 5.41) is 3.85. The van der Waals surface area contributed by atoms with Crippen LogP contribution >= 0.6 is 0 Å². The number of aryl methyl sites for hydroxylation is 1. The number of aromatic amines is 1. The van der Waals surface area contributed by atoms with E-state index >= 15 is 0 Å². The van der Waals surface area contributed by atoms with Crippen LogP contribution in [0, 0.1) is 0 Å². The molecule has 0 bridgehead atoms. The highest BCUT2D eigenvalue weighted by molar-refractivity contribution is 7.92. The maximum Gasteiger partial charge on any atom is 0.417 e. The van der Waals surface area contributed by atoms with Gasteiger partial charge in [-0.3, -0.25) is 14.2 Å². The molecule has 1 aromatic carbocycles. The predicted molar refractivity (Wildman–Crippen MR) is 102 cm³/mol. The van der Waals surface area contributed by atoms with Gasteiger partial charge in [-0.1, -0.05) is 20.8 Å². The summed E-state index contributed by atoms with van der Waals surface area (Å²) in [6.07, 6.45) is -4.81. The molecule has 2 heterocycles. The Morgan fingerprint density at radius 3 is 2.31 bits per heavy atom. The molecule has 0 spiro atoms. The average Bonchev–Trinajstić information content (AvgIpc) is 2.93. The molecule has 0 radical (unpaired) electrons. The average molecular weight is 428 g/mol. The van der Waals surface area contributed by atoms with Crippen molar-refractivity contribution in [2.24, 2.45) is 7.05 Å². The van der Waals surface area contributed by atoms with Gasteiger partial charge >= 0.3 is 6.18 Å². The summed E-state index contributed by atoms with van der Waals surface area (Å²) in [4.78, 5) is 13.4. The summed E-state index contributed by atoms with van der Waals surface area (Å²) in [6.45, 7) is 5.74. The van der Waals surface area contributed by atoms with E-state index in [1.165, 1.54) is 4.68 Å². The summed E-state index contributed by atoms with van der Waals surface area (Å²) >= 11 is 0. The SMILES string of the molecule is Cn1nc(C(C)(C)C)cc1NS(=O)(=O)c1ccc2[nH]c(=O)cc(C(F)(F)F)c2c1. The Balaban J connectivity index is 2.09. The van der Waals surface area contributed by atoms with Gasteiger partial charge in [-0.15, -0.1) is 0 Å². The zero-order valence-electron chi connectivity index (χ0n) is 16.0. The van der Waals surface area contributed by atoms with Gasteiger partial charge in [0.2, 0.25) is 5.56 Å². The molecule has 11 heteroatoms. The van der Waals surface area contributed by atoms with E-state index in [2.05, 4.69) is 14.8 Å². The third-order valence-corrected chi connectivity index (χ3v) is 5.67. The monoisotopic (exact) mass is 428 g/mol. The molecule has 0 atom stereocenters. The predicted octanol–water partition coefficient (Wildman–Crippen LogP) is 3.38. The maximum absolute atomic E-state index is 13.3. The number of aromatic nitrogens is 3. The number of sulfonamides is 1. The Morgan fingerprint density at radius 2 is 1.76 bits per heavy atom. The Hall–Kier alpha value is -2.82. The molecular formula is C18H19F3N4O3S. The highest BCUT2D eigenvalue weighted by Gasteiger charge is 2.34. The lowest BCUT2D eigenvalue weighted by Gasteiger charge is -2.13. The molecule has 2 N–H and O–H groups in total. The van der Waals surface area contributed by atoms with Gasteiger partial charge in [0.05, 0.1) is 16.2 Å². The highest BCUT2D eigenvalue weighted by atomic mass is 32.2. The third kappa shape index (κ3) is 4.14. The first-order valence-electron chi connectivity index (χ1n) is 8.50. The molecule has 3 rings (SSSR count). The Morgan fingerprint density at radius 1 is 1.10 bits per heavy atom. The molecule has 0 aliphatic heterocycles. The van der Waals surface area contributed by atoms with Gasteiger partial charge in [-0.2, -0.15) is 18.3 Å². The van der Waals surface area contributed by atoms with Gasteiger partial charge < -0.3 is 4.98 Å². The molecule has 0 amide bonds. The van der Waals surface area contributed by atoms with Crippen molar-refractivity contribution in [3.8, 4) is 0 Å². The number of hydrogen-bond acceptors (Lipinski definition) is 4. The second-order valence-corrected chi connectivity index (χ2v) is 9.33. The lowest BCUT2D eigenvalue weighted by atomic mass is 9.92. The van der Waals surface area contributed by atoms with Crippen molar-refractivity contribution >= 4 is 26.7 Å². The van der Waals surface area contributed by atoms with Crippen LogP contribution in [0.15, 0.2) is 40.0 Å². The number of benzene rings is 1. The first kappa shape index (κ1) is 20.9. The van der Waals surface area contributed by atoms with E-state index in [-0.39, 0.29) is 21.6 Å². The second-order valence-electron chi connectivity index (χ2n) is 7.65. The molecule has 156 valence electrons. The van der Waals surface area contributed by atoms with Gasteiger partial charge in [0.15, 0.2) is 0 Å². The van der Waals surface area contributed by atoms with E-state index in [0.717, 1.165) is 18.2 Å². The Labute approximate surface area is 164 Å². The van der Waals surface area contributed by atoms with Crippen molar-refractivity contribution in [2.45, 2.75) is 37.3 Å². The van der Waals surface area contributed by atoms with E-state index in [4.69, 9.17) is 0 Å². The number of nitrogens with one attached hydrogen (secondary N) is 2. The number of halogens is 3. The van der Waals surface area contributed by atoms with Gasteiger partial charge in [-0.25, -0.2) is 8.42 Å². The molecular weight excluding hydrogens is 409 g/mol. The lowest BCUT2D eigenvalue weighted by Crippen LogP contribution is -2.17. The molecule has 29 heavy (non-hydrogen) atoms. The van der Waals surface area contributed by atoms with Crippen molar-refractivity contribution in [3.05, 3.63) is 51.9 Å². The third-order valence-electron chi connectivity index (χ3n) is 4.32. The van der Waals surface area contributed by atoms with Crippen molar-refractivity contribution in [3.63, 3.8) is 0 Å². The molecule has 0 saturated heterocycles. The number of alkyl halides is 3. The summed E-state index contributed by atoms with van der Waals surface area (Å²) in [5.41, 5.74) is -1.92. The number of rotatable bonds is 3. The minimum absolute atomic E-state index is 0.112. The van der Waals surface area contributed by atoms with Crippen molar-refractivity contribution in [2.75, 3.05) is 4.72 Å². The molecule has 3 aromatic rings. The zero-order valence-corrected chi connectivity index (χ0v) is 16.9.